The Morgan fingerprint density at radius 3 is 2.89 bits per heavy atom. The first-order chi connectivity index (χ1) is 8.96. The summed E-state index contributed by atoms with van der Waals surface area (Å²) in [6, 6.07) is 3.17. The molecular formula is C13H16ClN3O2. The molecule has 5 nitrogen and oxygen atoms in total. The van der Waals surface area contributed by atoms with Crippen LogP contribution in [0.2, 0.25) is 5.15 Å². The van der Waals surface area contributed by atoms with Crippen LogP contribution in [-0.2, 0) is 4.79 Å². The predicted molar refractivity (Wildman–Crippen MR) is 71.9 cm³/mol. The summed E-state index contributed by atoms with van der Waals surface area (Å²) in [5.74, 6) is -0.146. The fourth-order valence-electron chi connectivity index (χ4n) is 2.34. The summed E-state index contributed by atoms with van der Waals surface area (Å²) in [7, 11) is 1.61. The van der Waals surface area contributed by atoms with Crippen LogP contribution in [0.1, 0.15) is 23.7 Å². The Hall–Kier alpha value is -1.62. The van der Waals surface area contributed by atoms with Crippen LogP contribution in [0.25, 0.3) is 0 Å². The van der Waals surface area contributed by atoms with Crippen molar-refractivity contribution >= 4 is 23.4 Å². The standard InChI is InChI=1S/C13H16ClN3O2/c1-13(12(19)15-2)4-6-17(8-13)11(18)9-3-5-16-10(14)7-9/h3,5,7H,4,6,8H2,1-2H3,(H,15,19). The number of carbonyl (C=O) groups is 2. The molecule has 1 fully saturated rings. The molecule has 1 N–H and O–H groups in total. The van der Waals surface area contributed by atoms with Crippen molar-refractivity contribution < 1.29 is 9.59 Å². The summed E-state index contributed by atoms with van der Waals surface area (Å²) in [4.78, 5) is 29.7. The highest BCUT2D eigenvalue weighted by Crippen LogP contribution is 2.31. The first kappa shape index (κ1) is 13.8. The molecule has 19 heavy (non-hydrogen) atoms. The van der Waals surface area contributed by atoms with Gasteiger partial charge in [-0.3, -0.25) is 9.59 Å². The van der Waals surface area contributed by atoms with Crippen molar-refractivity contribution in [1.82, 2.24) is 15.2 Å². The van der Waals surface area contributed by atoms with Crippen LogP contribution in [0, 0.1) is 5.41 Å². The van der Waals surface area contributed by atoms with Gasteiger partial charge in [0.2, 0.25) is 5.91 Å². The van der Waals surface area contributed by atoms with Crippen molar-refractivity contribution in [3.63, 3.8) is 0 Å². The van der Waals surface area contributed by atoms with Crippen molar-refractivity contribution in [2.24, 2.45) is 5.41 Å². The van der Waals surface area contributed by atoms with E-state index >= 15 is 0 Å². The monoisotopic (exact) mass is 281 g/mol. The minimum atomic E-state index is -0.513. The van der Waals surface area contributed by atoms with E-state index in [-0.39, 0.29) is 11.8 Å². The highest BCUT2D eigenvalue weighted by molar-refractivity contribution is 6.29. The van der Waals surface area contributed by atoms with E-state index in [9.17, 15) is 9.59 Å². The molecule has 6 heteroatoms. The summed E-state index contributed by atoms with van der Waals surface area (Å²) >= 11 is 5.78. The molecule has 0 spiro atoms. The number of hydrogen-bond acceptors (Lipinski definition) is 3. The van der Waals surface area contributed by atoms with Gasteiger partial charge in [0, 0.05) is 31.9 Å². The largest absolute Gasteiger partial charge is 0.359 e. The molecular weight excluding hydrogens is 266 g/mol. The normalized spacial score (nSPS) is 22.4. The highest BCUT2D eigenvalue weighted by atomic mass is 35.5. The van der Waals surface area contributed by atoms with Gasteiger partial charge in [-0.15, -0.1) is 0 Å². The highest BCUT2D eigenvalue weighted by Gasteiger charge is 2.41. The first-order valence-corrected chi connectivity index (χ1v) is 6.47. The van der Waals surface area contributed by atoms with Crippen molar-refractivity contribution in [1.29, 1.82) is 0 Å². The molecule has 2 rings (SSSR count). The van der Waals surface area contributed by atoms with Crippen LogP contribution in [-0.4, -0.2) is 41.8 Å². The minimum absolute atomic E-state index is 0.0319. The molecule has 1 aromatic rings. The molecule has 0 bridgehead atoms. The Bertz CT molecular complexity index is 520. The third-order valence-corrected chi connectivity index (χ3v) is 3.72. The molecule has 0 radical (unpaired) electrons. The average Bonchev–Trinajstić information content (AvgIpc) is 2.81. The molecule has 1 aromatic heterocycles. The van der Waals surface area contributed by atoms with E-state index in [0.717, 1.165) is 0 Å². The van der Waals surface area contributed by atoms with E-state index in [2.05, 4.69) is 10.3 Å². The number of halogens is 1. The molecule has 0 aliphatic carbocycles. The Morgan fingerprint density at radius 2 is 2.26 bits per heavy atom. The minimum Gasteiger partial charge on any atom is -0.359 e. The summed E-state index contributed by atoms with van der Waals surface area (Å²) in [5.41, 5.74) is -0.0116. The average molecular weight is 282 g/mol. The summed E-state index contributed by atoms with van der Waals surface area (Å²) in [6.07, 6.45) is 2.17. The van der Waals surface area contributed by atoms with Gasteiger partial charge in [0.25, 0.3) is 5.91 Å². The third kappa shape index (κ3) is 2.71. The topological polar surface area (TPSA) is 62.3 Å². The van der Waals surface area contributed by atoms with E-state index in [0.29, 0.717) is 30.2 Å². The van der Waals surface area contributed by atoms with E-state index in [1.54, 1.807) is 24.1 Å². The van der Waals surface area contributed by atoms with Crippen LogP contribution in [0.15, 0.2) is 18.3 Å². The smallest absolute Gasteiger partial charge is 0.254 e. The number of carbonyl (C=O) groups excluding carboxylic acids is 2. The van der Waals surface area contributed by atoms with Crippen LogP contribution in [0.5, 0.6) is 0 Å². The first-order valence-electron chi connectivity index (χ1n) is 6.09. The van der Waals surface area contributed by atoms with E-state index in [1.165, 1.54) is 6.20 Å². The summed E-state index contributed by atoms with van der Waals surface area (Å²) in [5, 5.41) is 2.94. The lowest BCUT2D eigenvalue weighted by Crippen LogP contribution is -2.40. The van der Waals surface area contributed by atoms with Gasteiger partial charge in [0.1, 0.15) is 5.15 Å². The lowest BCUT2D eigenvalue weighted by Gasteiger charge is -2.22. The second kappa shape index (κ2) is 5.17. The Labute approximate surface area is 117 Å². The molecule has 1 aliphatic heterocycles. The van der Waals surface area contributed by atoms with Gasteiger partial charge < -0.3 is 10.2 Å². The molecule has 0 saturated carbocycles. The summed E-state index contributed by atoms with van der Waals surface area (Å²) in [6.45, 7) is 2.87. The number of amides is 2. The van der Waals surface area contributed by atoms with Crippen molar-refractivity contribution in [3.05, 3.63) is 29.0 Å². The number of hydrogen-bond donors (Lipinski definition) is 1. The fraction of sp³-hybridized carbons (Fsp3) is 0.462. The molecule has 1 atom stereocenters. The SMILES string of the molecule is CNC(=O)C1(C)CCN(C(=O)c2ccnc(Cl)c2)C1. The zero-order valence-corrected chi connectivity index (χ0v) is 11.7. The van der Waals surface area contributed by atoms with Crippen LogP contribution in [0.3, 0.4) is 0 Å². The van der Waals surface area contributed by atoms with Crippen LogP contribution in [0.4, 0.5) is 0 Å². The maximum Gasteiger partial charge on any atom is 0.254 e. The van der Waals surface area contributed by atoms with Gasteiger partial charge in [-0.25, -0.2) is 4.98 Å². The number of pyridine rings is 1. The van der Waals surface area contributed by atoms with Crippen molar-refractivity contribution in [3.8, 4) is 0 Å². The van der Waals surface area contributed by atoms with Gasteiger partial charge in [-0.05, 0) is 25.5 Å². The molecule has 1 unspecified atom stereocenters. The van der Waals surface area contributed by atoms with E-state index < -0.39 is 5.41 Å². The van der Waals surface area contributed by atoms with Gasteiger partial charge in [0.05, 0.1) is 5.41 Å². The quantitative estimate of drug-likeness (QED) is 0.832. The number of likely N-dealkylation sites (tertiary alicyclic amines) is 1. The number of rotatable bonds is 2. The van der Waals surface area contributed by atoms with Gasteiger partial charge >= 0.3 is 0 Å². The van der Waals surface area contributed by atoms with Gasteiger partial charge in [-0.1, -0.05) is 11.6 Å². The molecule has 1 saturated heterocycles. The predicted octanol–water partition coefficient (Wildman–Crippen LogP) is 1.33. The maximum atomic E-state index is 12.3. The number of nitrogens with zero attached hydrogens (tertiary/aromatic N) is 2. The van der Waals surface area contributed by atoms with Crippen molar-refractivity contribution in [2.45, 2.75) is 13.3 Å². The Balaban J connectivity index is 2.13. The summed E-state index contributed by atoms with van der Waals surface area (Å²) < 4.78 is 0. The van der Waals surface area contributed by atoms with E-state index in [4.69, 9.17) is 11.6 Å². The zero-order valence-electron chi connectivity index (χ0n) is 10.9. The Kier molecular flexibility index (Phi) is 3.75. The molecule has 2 heterocycles. The van der Waals surface area contributed by atoms with Gasteiger partial charge in [-0.2, -0.15) is 0 Å². The fourth-order valence-corrected chi connectivity index (χ4v) is 2.51. The molecule has 2 amide bonds. The van der Waals surface area contributed by atoms with Crippen LogP contribution >= 0.6 is 11.6 Å². The maximum absolute atomic E-state index is 12.3. The van der Waals surface area contributed by atoms with E-state index in [1.807, 2.05) is 6.92 Å². The lowest BCUT2D eigenvalue weighted by atomic mass is 9.89. The molecule has 1 aliphatic rings. The van der Waals surface area contributed by atoms with Crippen LogP contribution < -0.4 is 5.32 Å². The molecule has 102 valence electrons. The lowest BCUT2D eigenvalue weighted by molar-refractivity contribution is -0.128. The second-order valence-electron chi connectivity index (χ2n) is 4.98. The van der Waals surface area contributed by atoms with Crippen molar-refractivity contribution in [2.75, 3.05) is 20.1 Å². The molecule has 0 aromatic carbocycles. The zero-order chi connectivity index (χ0) is 14.0. The Morgan fingerprint density at radius 1 is 1.53 bits per heavy atom. The third-order valence-electron chi connectivity index (χ3n) is 3.51. The van der Waals surface area contributed by atoms with Gasteiger partial charge in [0.15, 0.2) is 0 Å². The second-order valence-corrected chi connectivity index (χ2v) is 5.37. The number of nitrogens with one attached hydrogen (secondary N) is 1. The number of aromatic nitrogens is 1.